The van der Waals surface area contributed by atoms with Gasteiger partial charge in [0, 0.05) is 0 Å². The Hall–Kier alpha value is -1.85. The van der Waals surface area contributed by atoms with Crippen molar-refractivity contribution >= 4 is 23.7 Å². The van der Waals surface area contributed by atoms with Gasteiger partial charge in [-0.1, -0.05) is 0 Å². The lowest BCUT2D eigenvalue weighted by Gasteiger charge is -1.89. The molecule has 0 aliphatic rings. The second kappa shape index (κ2) is 2.33. The first-order chi connectivity index (χ1) is 5.81. The quantitative estimate of drug-likeness (QED) is 0.502. The van der Waals surface area contributed by atoms with E-state index in [2.05, 4.69) is 31.6 Å². The van der Waals surface area contributed by atoms with Gasteiger partial charge in [-0.15, -0.1) is 0 Å². The molecule has 2 rings (SSSR count). The van der Waals surface area contributed by atoms with Crippen LogP contribution < -0.4 is 0 Å². The number of H-pyrrole nitrogens is 1. The van der Waals surface area contributed by atoms with Gasteiger partial charge in [0.2, 0.25) is 0 Å². The zero-order chi connectivity index (χ0) is 8.55. The Labute approximate surface area is 66.4 Å². The maximum Gasteiger partial charge on any atom is 0.289 e. The molecule has 2 aromatic heterocycles. The third-order valence-electron chi connectivity index (χ3n) is 1.39. The van der Waals surface area contributed by atoms with Gasteiger partial charge in [0.05, 0.1) is 0 Å². The summed E-state index contributed by atoms with van der Waals surface area (Å²) in [7, 11) is 0. The van der Waals surface area contributed by atoms with E-state index >= 15 is 0 Å². The Morgan fingerprint density at radius 1 is 1.50 bits per heavy atom. The van der Waals surface area contributed by atoms with E-state index in [-0.39, 0.29) is 5.65 Å². The van der Waals surface area contributed by atoms with Crippen molar-refractivity contribution in [3.05, 3.63) is 12.4 Å². The Bertz CT molecular complexity index is 434. The van der Waals surface area contributed by atoms with E-state index in [1.807, 2.05) is 0 Å². The first-order valence-electron chi connectivity index (χ1n) is 3.14. The normalized spacial score (nSPS) is 10.4. The highest BCUT2D eigenvalue weighted by atomic mass is 19.1. The number of fused-ring (bicyclic) bond motifs is 1. The number of hydrogen-bond acceptors (Lipinski definition) is 4. The Balaban J connectivity index is 2.86. The van der Waals surface area contributed by atoms with Crippen LogP contribution in [0.1, 0.15) is 0 Å². The Kier molecular flexibility index (Phi) is 1.33. The lowest BCUT2D eigenvalue weighted by molar-refractivity contribution is 0.556. The van der Waals surface area contributed by atoms with Crippen LogP contribution in [0.15, 0.2) is 11.3 Å². The molecular formula is C6H4FN5. The summed E-state index contributed by atoms with van der Waals surface area (Å²) in [6.45, 7) is 3.28. The lowest BCUT2D eigenvalue weighted by atomic mass is 10.5. The topological polar surface area (TPSA) is 66.8 Å². The summed E-state index contributed by atoms with van der Waals surface area (Å²) in [5, 5.41) is 0. The van der Waals surface area contributed by atoms with Crippen LogP contribution in [0, 0.1) is 6.08 Å². The van der Waals surface area contributed by atoms with Gasteiger partial charge in [-0.25, -0.2) is 15.0 Å². The molecule has 0 aromatic carbocycles. The smallest absolute Gasteiger partial charge is 0.289 e. The van der Waals surface area contributed by atoms with Gasteiger partial charge >= 0.3 is 0 Å². The first kappa shape index (κ1) is 6.84. The molecule has 0 unspecified atom stereocenters. The van der Waals surface area contributed by atoms with Crippen molar-refractivity contribution < 1.29 is 4.39 Å². The summed E-state index contributed by atoms with van der Waals surface area (Å²) in [6.07, 6.45) is 0.558. The third-order valence-corrected chi connectivity index (χ3v) is 1.39. The highest BCUT2D eigenvalue weighted by Gasteiger charge is 2.06. The van der Waals surface area contributed by atoms with Gasteiger partial charge in [0.1, 0.15) is 11.8 Å². The fourth-order valence-corrected chi connectivity index (χ4v) is 0.908. The molecule has 0 aliphatic carbocycles. The maximum absolute atomic E-state index is 12.5. The van der Waals surface area contributed by atoms with Gasteiger partial charge in [-0.3, -0.25) is 0 Å². The summed E-state index contributed by atoms with van der Waals surface area (Å²) in [5.74, 6) is 0.302. The number of aromatic amines is 1. The van der Waals surface area contributed by atoms with Gasteiger partial charge in [-0.2, -0.15) is 9.37 Å². The summed E-state index contributed by atoms with van der Waals surface area (Å²) in [6, 6.07) is 0. The van der Waals surface area contributed by atoms with Gasteiger partial charge in [-0.05, 0) is 6.72 Å². The fourth-order valence-electron chi connectivity index (χ4n) is 0.908. The van der Waals surface area contributed by atoms with Crippen LogP contribution in [0.25, 0.3) is 11.2 Å². The molecule has 0 amide bonds. The predicted octanol–water partition coefficient (Wildman–Crippen LogP) is 0.824. The van der Waals surface area contributed by atoms with E-state index < -0.39 is 6.08 Å². The highest BCUT2D eigenvalue weighted by molar-refractivity contribution is 5.80. The minimum atomic E-state index is -0.699. The number of aromatic nitrogens is 4. The van der Waals surface area contributed by atoms with Crippen LogP contribution in [0.4, 0.5) is 10.2 Å². The average molecular weight is 165 g/mol. The van der Waals surface area contributed by atoms with E-state index in [0.29, 0.717) is 11.3 Å². The molecule has 0 fully saturated rings. The largest absolute Gasteiger partial charge is 0.309 e. The summed E-state index contributed by atoms with van der Waals surface area (Å²) in [4.78, 5) is 16.9. The van der Waals surface area contributed by atoms with Gasteiger partial charge in [0.15, 0.2) is 11.5 Å². The molecule has 0 bridgehead atoms. The van der Waals surface area contributed by atoms with E-state index in [4.69, 9.17) is 0 Å². The van der Waals surface area contributed by atoms with Crippen molar-refractivity contribution in [1.29, 1.82) is 0 Å². The standard InChI is InChI=1S/C6H4FN5/c1-8-4-3-5(10-2-9-4)12-6(7)11-3/h2H,1H2,(H,9,10,11,12). The average Bonchev–Trinajstić information content (AvgIpc) is 2.44. The monoisotopic (exact) mass is 165 g/mol. The van der Waals surface area contributed by atoms with Crippen LogP contribution in [-0.4, -0.2) is 26.7 Å². The van der Waals surface area contributed by atoms with Crippen molar-refractivity contribution in [3.8, 4) is 0 Å². The minimum Gasteiger partial charge on any atom is -0.309 e. The fraction of sp³-hybridized carbons (Fsp3) is 0. The molecule has 0 spiro atoms. The molecule has 2 heterocycles. The number of hydrogen-bond donors (Lipinski definition) is 1. The van der Waals surface area contributed by atoms with E-state index in [9.17, 15) is 4.39 Å². The molecule has 60 valence electrons. The number of halogens is 1. The Morgan fingerprint density at radius 2 is 2.33 bits per heavy atom. The maximum atomic E-state index is 12.5. The molecule has 0 saturated carbocycles. The minimum absolute atomic E-state index is 0.255. The molecule has 0 atom stereocenters. The van der Waals surface area contributed by atoms with Crippen LogP contribution >= 0.6 is 0 Å². The SMILES string of the molecule is C=Nc1ncnc2nc(F)[nH]c12. The van der Waals surface area contributed by atoms with Gasteiger partial charge in [0.25, 0.3) is 6.08 Å². The second-order valence-electron chi connectivity index (χ2n) is 2.08. The van der Waals surface area contributed by atoms with Crippen molar-refractivity contribution in [2.75, 3.05) is 0 Å². The van der Waals surface area contributed by atoms with E-state index in [1.54, 1.807) is 0 Å². The zero-order valence-corrected chi connectivity index (χ0v) is 5.95. The molecule has 6 heteroatoms. The second-order valence-corrected chi connectivity index (χ2v) is 2.08. The molecule has 1 N–H and O–H groups in total. The van der Waals surface area contributed by atoms with Crippen molar-refractivity contribution in [2.45, 2.75) is 0 Å². The number of nitrogens with zero attached hydrogens (tertiary/aromatic N) is 4. The van der Waals surface area contributed by atoms with Crippen molar-refractivity contribution in [1.82, 2.24) is 19.9 Å². The summed E-state index contributed by atoms with van der Waals surface area (Å²) in [5.41, 5.74) is 0.620. The molecule has 0 radical (unpaired) electrons. The molecule has 12 heavy (non-hydrogen) atoms. The number of imidazole rings is 1. The molecule has 0 aliphatic heterocycles. The van der Waals surface area contributed by atoms with E-state index in [1.165, 1.54) is 6.33 Å². The number of aliphatic imine (C=N–C) groups is 1. The molecule has 0 saturated heterocycles. The molecule has 5 nitrogen and oxygen atoms in total. The van der Waals surface area contributed by atoms with Crippen LogP contribution in [-0.2, 0) is 0 Å². The lowest BCUT2D eigenvalue weighted by Crippen LogP contribution is -1.80. The number of nitrogens with one attached hydrogen (secondary N) is 1. The van der Waals surface area contributed by atoms with E-state index in [0.717, 1.165) is 0 Å². The summed E-state index contributed by atoms with van der Waals surface area (Å²) >= 11 is 0. The van der Waals surface area contributed by atoms with Crippen molar-refractivity contribution in [2.24, 2.45) is 4.99 Å². The first-order valence-corrected chi connectivity index (χ1v) is 3.14. The predicted molar refractivity (Wildman–Crippen MR) is 40.9 cm³/mol. The highest BCUT2D eigenvalue weighted by Crippen LogP contribution is 2.17. The molecular weight excluding hydrogens is 161 g/mol. The van der Waals surface area contributed by atoms with Crippen molar-refractivity contribution in [3.63, 3.8) is 0 Å². The van der Waals surface area contributed by atoms with Gasteiger partial charge < -0.3 is 4.98 Å². The van der Waals surface area contributed by atoms with Crippen LogP contribution in [0.5, 0.6) is 0 Å². The zero-order valence-electron chi connectivity index (χ0n) is 5.95. The molecule has 2 aromatic rings. The third kappa shape index (κ3) is 0.849. The number of rotatable bonds is 1. The Morgan fingerprint density at radius 3 is 3.08 bits per heavy atom. The summed E-state index contributed by atoms with van der Waals surface area (Å²) < 4.78 is 12.5. The van der Waals surface area contributed by atoms with Crippen LogP contribution in [0.3, 0.4) is 0 Å². The van der Waals surface area contributed by atoms with Crippen LogP contribution in [0.2, 0.25) is 0 Å².